The van der Waals surface area contributed by atoms with Gasteiger partial charge < -0.3 is 4.57 Å². The molecule has 0 spiro atoms. The Morgan fingerprint density at radius 2 is 0.754 bits per heavy atom. The number of rotatable bonds is 4. The molecule has 0 aliphatic rings. The van der Waals surface area contributed by atoms with Crippen molar-refractivity contribution in [2.24, 2.45) is 0 Å². The van der Waals surface area contributed by atoms with Gasteiger partial charge in [0, 0.05) is 32.8 Å². The predicted molar refractivity (Wildman–Crippen MR) is 238 cm³/mol. The maximum atomic E-state index is 5.34. The molecule has 0 bridgehead atoms. The van der Waals surface area contributed by atoms with Crippen LogP contribution < -0.4 is 0 Å². The maximum absolute atomic E-state index is 5.34. The molecule has 0 radical (unpaired) electrons. The Hall–Kier alpha value is -7.69. The van der Waals surface area contributed by atoms with Crippen LogP contribution in [0.2, 0.25) is 0 Å². The van der Waals surface area contributed by atoms with Crippen LogP contribution in [0.4, 0.5) is 0 Å². The molecule has 2 heterocycles. The third kappa shape index (κ3) is 4.98. The minimum absolute atomic E-state index is 0.637. The smallest absolute Gasteiger partial charge is 0.164 e. The zero-order chi connectivity index (χ0) is 37.5. The predicted octanol–water partition coefficient (Wildman–Crippen LogP) is 13.7. The first-order valence-corrected chi connectivity index (χ1v) is 19.4. The molecule has 0 N–H and O–H groups in total. The average Bonchev–Trinajstić information content (AvgIpc) is 3.58. The van der Waals surface area contributed by atoms with Crippen LogP contribution in [0.3, 0.4) is 0 Å². The highest BCUT2D eigenvalue weighted by Gasteiger charge is 2.20. The van der Waals surface area contributed by atoms with E-state index in [1.54, 1.807) is 0 Å². The van der Waals surface area contributed by atoms with Crippen LogP contribution in [-0.2, 0) is 0 Å². The van der Waals surface area contributed by atoms with Crippen molar-refractivity contribution in [2.45, 2.75) is 0 Å². The Morgan fingerprint density at radius 1 is 0.281 bits per heavy atom. The van der Waals surface area contributed by atoms with Gasteiger partial charge in [-0.05, 0) is 84.9 Å². The van der Waals surface area contributed by atoms with Gasteiger partial charge in [-0.2, -0.15) is 0 Å². The fourth-order valence-electron chi connectivity index (χ4n) is 8.90. The molecule has 2 aromatic heterocycles. The van der Waals surface area contributed by atoms with Crippen LogP contribution in [0.1, 0.15) is 0 Å². The Bertz CT molecular complexity index is 3490. The Balaban J connectivity index is 1.13. The summed E-state index contributed by atoms with van der Waals surface area (Å²) in [7, 11) is 0. The zero-order valence-electron chi connectivity index (χ0n) is 30.8. The summed E-state index contributed by atoms with van der Waals surface area (Å²) in [5, 5.41) is 14.2. The van der Waals surface area contributed by atoms with Crippen molar-refractivity contribution in [1.29, 1.82) is 0 Å². The normalized spacial score (nSPS) is 11.9. The number of fused-ring (bicyclic) bond motifs is 9. The lowest BCUT2D eigenvalue weighted by molar-refractivity contribution is 1.08. The Kier molecular flexibility index (Phi) is 6.89. The summed E-state index contributed by atoms with van der Waals surface area (Å²) < 4.78 is 2.45. The van der Waals surface area contributed by atoms with Gasteiger partial charge in [-0.3, -0.25) is 0 Å². The van der Waals surface area contributed by atoms with Crippen molar-refractivity contribution in [2.75, 3.05) is 0 Å². The van der Waals surface area contributed by atoms with Gasteiger partial charge in [-0.15, -0.1) is 0 Å². The summed E-state index contributed by atoms with van der Waals surface area (Å²) in [5.74, 6) is 1.93. The standard InChI is InChI=1S/C53H32N4/c1-2-14-33(15-3-1)51-54-52(56-53(55-51)47-30-38-20-8-9-21-39(38)40-22-10-11-23-41(40)47)44-26-12-25-43-42(44)24-13-27-48(43)57-49-31-36-18-6-4-16-34(36)28-45(49)46-29-35-17-5-7-19-37(35)32-50(46)57/h1-32H. The van der Waals surface area contributed by atoms with Crippen LogP contribution in [0, 0.1) is 0 Å². The van der Waals surface area contributed by atoms with Crippen molar-refractivity contribution >= 4 is 75.7 Å². The minimum atomic E-state index is 0.637. The van der Waals surface area contributed by atoms with Gasteiger partial charge in [-0.25, -0.2) is 15.0 Å². The van der Waals surface area contributed by atoms with Crippen molar-refractivity contribution in [1.82, 2.24) is 19.5 Å². The third-order valence-corrected chi connectivity index (χ3v) is 11.6. The molecule has 0 amide bonds. The van der Waals surface area contributed by atoms with Crippen molar-refractivity contribution in [3.8, 4) is 39.9 Å². The first kappa shape index (κ1) is 31.6. The van der Waals surface area contributed by atoms with Gasteiger partial charge in [0.2, 0.25) is 0 Å². The molecule has 0 saturated carbocycles. The zero-order valence-corrected chi connectivity index (χ0v) is 30.8. The van der Waals surface area contributed by atoms with Crippen molar-refractivity contribution < 1.29 is 0 Å². The third-order valence-electron chi connectivity index (χ3n) is 11.6. The van der Waals surface area contributed by atoms with Gasteiger partial charge in [-0.1, -0.05) is 158 Å². The average molecular weight is 725 g/mol. The van der Waals surface area contributed by atoms with Crippen LogP contribution >= 0.6 is 0 Å². The van der Waals surface area contributed by atoms with Crippen molar-refractivity contribution in [3.05, 3.63) is 194 Å². The molecule has 10 aromatic carbocycles. The highest BCUT2D eigenvalue weighted by molar-refractivity contribution is 6.18. The molecule has 4 nitrogen and oxygen atoms in total. The number of aromatic nitrogens is 4. The van der Waals surface area contributed by atoms with E-state index >= 15 is 0 Å². The van der Waals surface area contributed by atoms with Gasteiger partial charge in [0.25, 0.3) is 0 Å². The van der Waals surface area contributed by atoms with E-state index in [0.29, 0.717) is 17.5 Å². The number of nitrogens with zero attached hydrogens (tertiary/aromatic N) is 4. The van der Waals surface area contributed by atoms with E-state index in [4.69, 9.17) is 15.0 Å². The fourth-order valence-corrected chi connectivity index (χ4v) is 8.90. The van der Waals surface area contributed by atoms with Gasteiger partial charge in [0.15, 0.2) is 17.5 Å². The summed E-state index contributed by atoms with van der Waals surface area (Å²) in [6, 6.07) is 69.3. The van der Waals surface area contributed by atoms with Crippen LogP contribution in [-0.4, -0.2) is 19.5 Å². The SMILES string of the molecule is c1ccc(-c2nc(-c3cccc4c(-n5c6cc7ccccc7cc6c6cc7ccccc7cc65)cccc34)nc(-c3cc4ccccc4c4ccccc34)n2)cc1. The number of hydrogen-bond acceptors (Lipinski definition) is 3. The molecule has 0 aliphatic heterocycles. The van der Waals surface area contributed by atoms with Crippen LogP contribution in [0.25, 0.3) is 116 Å². The topological polar surface area (TPSA) is 43.6 Å². The summed E-state index contributed by atoms with van der Waals surface area (Å²) >= 11 is 0. The van der Waals surface area contributed by atoms with E-state index in [-0.39, 0.29) is 0 Å². The summed E-state index contributed by atoms with van der Waals surface area (Å²) in [6.45, 7) is 0. The first-order chi connectivity index (χ1) is 28.2. The Morgan fingerprint density at radius 3 is 1.44 bits per heavy atom. The second kappa shape index (κ2) is 12.4. The lowest BCUT2D eigenvalue weighted by atomic mass is 9.96. The van der Waals surface area contributed by atoms with E-state index in [2.05, 4.69) is 180 Å². The van der Waals surface area contributed by atoms with E-state index in [0.717, 1.165) is 43.9 Å². The fraction of sp³-hybridized carbons (Fsp3) is 0. The Labute approximate surface area is 328 Å². The molecule has 12 aromatic rings. The van der Waals surface area contributed by atoms with Gasteiger partial charge >= 0.3 is 0 Å². The molecule has 0 unspecified atom stereocenters. The molecule has 0 aliphatic carbocycles. The summed E-state index contributed by atoms with van der Waals surface area (Å²) in [6.07, 6.45) is 0. The van der Waals surface area contributed by atoms with Gasteiger partial charge in [0.05, 0.1) is 16.7 Å². The molecule has 0 saturated heterocycles. The second-order valence-electron chi connectivity index (χ2n) is 14.8. The van der Waals surface area contributed by atoms with Crippen LogP contribution in [0.5, 0.6) is 0 Å². The second-order valence-corrected chi connectivity index (χ2v) is 14.8. The highest BCUT2D eigenvalue weighted by atomic mass is 15.0. The lowest BCUT2D eigenvalue weighted by Crippen LogP contribution is -2.01. The van der Waals surface area contributed by atoms with E-state index in [1.165, 1.54) is 54.1 Å². The largest absolute Gasteiger partial charge is 0.309 e. The highest BCUT2D eigenvalue weighted by Crippen LogP contribution is 2.41. The minimum Gasteiger partial charge on any atom is -0.309 e. The molecule has 0 fully saturated rings. The molecular formula is C53H32N4. The molecular weight excluding hydrogens is 693 g/mol. The van der Waals surface area contributed by atoms with E-state index < -0.39 is 0 Å². The number of benzene rings is 10. The molecule has 4 heteroatoms. The first-order valence-electron chi connectivity index (χ1n) is 19.4. The maximum Gasteiger partial charge on any atom is 0.164 e. The van der Waals surface area contributed by atoms with Gasteiger partial charge in [0.1, 0.15) is 0 Å². The quantitative estimate of drug-likeness (QED) is 0.170. The van der Waals surface area contributed by atoms with Crippen molar-refractivity contribution in [3.63, 3.8) is 0 Å². The molecule has 12 rings (SSSR count). The van der Waals surface area contributed by atoms with Crippen LogP contribution in [0.15, 0.2) is 194 Å². The van der Waals surface area contributed by atoms with E-state index in [1.807, 2.05) is 18.2 Å². The molecule has 57 heavy (non-hydrogen) atoms. The molecule has 0 atom stereocenters. The monoisotopic (exact) mass is 724 g/mol. The molecule has 264 valence electrons. The number of hydrogen-bond donors (Lipinski definition) is 0. The lowest BCUT2D eigenvalue weighted by Gasteiger charge is -2.15. The van der Waals surface area contributed by atoms with E-state index in [9.17, 15) is 0 Å². The summed E-state index contributed by atoms with van der Waals surface area (Å²) in [5.41, 5.74) is 6.34. The summed E-state index contributed by atoms with van der Waals surface area (Å²) in [4.78, 5) is 15.7.